The van der Waals surface area contributed by atoms with Crippen LogP contribution >= 0.6 is 0 Å². The van der Waals surface area contributed by atoms with Crippen LogP contribution in [-0.2, 0) is 0 Å². The summed E-state index contributed by atoms with van der Waals surface area (Å²) in [6, 6.07) is 0. The largest absolute Gasteiger partial charge is 0.316 e. The van der Waals surface area contributed by atoms with E-state index in [1.165, 1.54) is 45.4 Å². The topological polar surface area (TPSA) is 15.3 Å². The predicted octanol–water partition coefficient (Wildman–Crippen LogP) is 2.11. The van der Waals surface area contributed by atoms with Crippen molar-refractivity contribution in [3.05, 3.63) is 0 Å². The van der Waals surface area contributed by atoms with Crippen LogP contribution in [-0.4, -0.2) is 36.6 Å². The molecule has 1 N–H and O–H groups in total. The van der Waals surface area contributed by atoms with E-state index in [0.29, 0.717) is 5.54 Å². The average molecular weight is 210 g/mol. The minimum absolute atomic E-state index is 0.378. The van der Waals surface area contributed by atoms with Crippen molar-refractivity contribution >= 4 is 0 Å². The molecule has 2 heteroatoms. The molecule has 0 radical (unpaired) electrons. The van der Waals surface area contributed by atoms with Crippen molar-refractivity contribution in [2.45, 2.75) is 45.6 Å². The first-order valence-corrected chi connectivity index (χ1v) is 6.51. The van der Waals surface area contributed by atoms with Crippen LogP contribution in [0.3, 0.4) is 0 Å². The molecule has 0 atom stereocenters. The van der Waals surface area contributed by atoms with Crippen LogP contribution in [0, 0.1) is 11.8 Å². The fourth-order valence-corrected chi connectivity index (χ4v) is 2.83. The summed E-state index contributed by atoms with van der Waals surface area (Å²) in [5.41, 5.74) is 0.378. The highest BCUT2D eigenvalue weighted by Gasteiger charge is 2.29. The fraction of sp³-hybridized carbons (Fsp3) is 1.00. The van der Waals surface area contributed by atoms with E-state index in [9.17, 15) is 0 Å². The summed E-state index contributed by atoms with van der Waals surface area (Å²) in [6.45, 7) is 12.2. The minimum Gasteiger partial charge on any atom is -0.316 e. The second-order valence-electron chi connectivity index (χ2n) is 6.36. The number of nitrogens with one attached hydrogen (secondary N) is 1. The molecule has 2 heterocycles. The monoisotopic (exact) mass is 210 g/mol. The molecule has 2 rings (SSSR count). The third-order valence-electron chi connectivity index (χ3n) is 4.10. The van der Waals surface area contributed by atoms with Gasteiger partial charge in [-0.15, -0.1) is 0 Å². The Morgan fingerprint density at radius 2 is 1.67 bits per heavy atom. The first kappa shape index (κ1) is 11.4. The second-order valence-corrected chi connectivity index (χ2v) is 6.36. The van der Waals surface area contributed by atoms with Gasteiger partial charge in [-0.2, -0.15) is 0 Å². The van der Waals surface area contributed by atoms with Crippen molar-refractivity contribution in [1.82, 2.24) is 10.2 Å². The highest BCUT2D eigenvalue weighted by molar-refractivity contribution is 4.84. The van der Waals surface area contributed by atoms with E-state index >= 15 is 0 Å². The number of piperidine rings is 1. The van der Waals surface area contributed by atoms with Crippen molar-refractivity contribution in [2.24, 2.45) is 11.8 Å². The molecule has 2 nitrogen and oxygen atoms in total. The average Bonchev–Trinajstić information content (AvgIpc) is 2.11. The van der Waals surface area contributed by atoms with E-state index in [1.807, 2.05) is 0 Å². The minimum atomic E-state index is 0.378. The van der Waals surface area contributed by atoms with Gasteiger partial charge in [0.1, 0.15) is 0 Å². The zero-order chi connectivity index (χ0) is 10.9. The summed E-state index contributed by atoms with van der Waals surface area (Å²) in [5, 5.41) is 3.37. The Bertz CT molecular complexity index is 195. The molecule has 2 saturated heterocycles. The maximum atomic E-state index is 3.37. The number of nitrogens with zero attached hydrogens (tertiary/aromatic N) is 1. The maximum Gasteiger partial charge on any atom is 0.0125 e. The summed E-state index contributed by atoms with van der Waals surface area (Å²) >= 11 is 0. The molecule has 0 saturated carbocycles. The van der Waals surface area contributed by atoms with Crippen LogP contribution in [0.2, 0.25) is 0 Å². The molecule has 0 aromatic rings. The molecular formula is C13H26N2. The van der Waals surface area contributed by atoms with Gasteiger partial charge in [0.05, 0.1) is 0 Å². The maximum absolute atomic E-state index is 3.37. The summed E-state index contributed by atoms with van der Waals surface area (Å²) < 4.78 is 0. The standard InChI is InChI=1S/C13H26N2/c1-13(2,3)15-6-4-11(5-7-15)8-12-9-14-10-12/h11-12,14H,4-10H2,1-3H3. The van der Waals surface area contributed by atoms with E-state index in [4.69, 9.17) is 0 Å². The highest BCUT2D eigenvalue weighted by atomic mass is 15.2. The lowest BCUT2D eigenvalue weighted by molar-refractivity contribution is 0.0774. The van der Waals surface area contributed by atoms with Crippen LogP contribution in [0.25, 0.3) is 0 Å². The summed E-state index contributed by atoms with van der Waals surface area (Å²) in [4.78, 5) is 2.64. The quantitative estimate of drug-likeness (QED) is 0.751. The van der Waals surface area contributed by atoms with Gasteiger partial charge in [-0.3, -0.25) is 4.90 Å². The van der Waals surface area contributed by atoms with Gasteiger partial charge in [0.25, 0.3) is 0 Å². The van der Waals surface area contributed by atoms with E-state index in [2.05, 4.69) is 31.0 Å². The van der Waals surface area contributed by atoms with Crippen molar-refractivity contribution in [2.75, 3.05) is 26.2 Å². The molecule has 2 fully saturated rings. The predicted molar refractivity (Wildman–Crippen MR) is 65.0 cm³/mol. The Labute approximate surface area is 94.4 Å². The van der Waals surface area contributed by atoms with Crippen LogP contribution < -0.4 is 5.32 Å². The number of likely N-dealkylation sites (tertiary alicyclic amines) is 1. The second kappa shape index (κ2) is 4.42. The summed E-state index contributed by atoms with van der Waals surface area (Å²) in [6.07, 6.45) is 4.33. The lowest BCUT2D eigenvalue weighted by atomic mass is 9.84. The number of hydrogen-bond donors (Lipinski definition) is 1. The number of hydrogen-bond acceptors (Lipinski definition) is 2. The molecule has 0 aromatic carbocycles. The smallest absolute Gasteiger partial charge is 0.0125 e. The van der Waals surface area contributed by atoms with Gasteiger partial charge in [0, 0.05) is 5.54 Å². The zero-order valence-corrected chi connectivity index (χ0v) is 10.6. The normalized spacial score (nSPS) is 26.6. The van der Waals surface area contributed by atoms with Crippen molar-refractivity contribution in [1.29, 1.82) is 0 Å². The Morgan fingerprint density at radius 1 is 1.07 bits per heavy atom. The van der Waals surface area contributed by atoms with Crippen molar-refractivity contribution < 1.29 is 0 Å². The van der Waals surface area contributed by atoms with Crippen LogP contribution in [0.5, 0.6) is 0 Å². The van der Waals surface area contributed by atoms with Crippen LogP contribution in [0.4, 0.5) is 0 Å². The first-order chi connectivity index (χ1) is 7.05. The van der Waals surface area contributed by atoms with Crippen LogP contribution in [0.1, 0.15) is 40.0 Å². The van der Waals surface area contributed by atoms with Crippen LogP contribution in [0.15, 0.2) is 0 Å². The van der Waals surface area contributed by atoms with E-state index in [0.717, 1.165) is 11.8 Å². The molecule has 15 heavy (non-hydrogen) atoms. The summed E-state index contributed by atoms with van der Waals surface area (Å²) in [7, 11) is 0. The molecule has 0 aromatic heterocycles. The molecule has 0 spiro atoms. The van der Waals surface area contributed by atoms with Gasteiger partial charge in [-0.1, -0.05) is 0 Å². The SMILES string of the molecule is CC(C)(C)N1CCC(CC2CNC2)CC1. The van der Waals surface area contributed by atoms with Crippen molar-refractivity contribution in [3.8, 4) is 0 Å². The third-order valence-corrected chi connectivity index (χ3v) is 4.10. The fourth-order valence-electron chi connectivity index (χ4n) is 2.83. The third kappa shape index (κ3) is 2.94. The molecule has 0 amide bonds. The Balaban J connectivity index is 1.71. The number of rotatable bonds is 2. The Kier molecular flexibility index (Phi) is 3.36. The molecule has 0 unspecified atom stereocenters. The lowest BCUT2D eigenvalue weighted by Crippen LogP contribution is -2.48. The van der Waals surface area contributed by atoms with E-state index in [1.54, 1.807) is 0 Å². The molecular weight excluding hydrogens is 184 g/mol. The Hall–Kier alpha value is -0.0800. The van der Waals surface area contributed by atoms with E-state index in [-0.39, 0.29) is 0 Å². The molecule has 2 aliphatic rings. The molecule has 0 aliphatic carbocycles. The van der Waals surface area contributed by atoms with Crippen molar-refractivity contribution in [3.63, 3.8) is 0 Å². The van der Waals surface area contributed by atoms with Gasteiger partial charge in [0.15, 0.2) is 0 Å². The highest BCUT2D eigenvalue weighted by Crippen LogP contribution is 2.28. The first-order valence-electron chi connectivity index (χ1n) is 6.51. The molecule has 2 aliphatic heterocycles. The van der Waals surface area contributed by atoms with E-state index < -0.39 is 0 Å². The van der Waals surface area contributed by atoms with Gasteiger partial charge >= 0.3 is 0 Å². The van der Waals surface area contributed by atoms with Gasteiger partial charge in [-0.25, -0.2) is 0 Å². The van der Waals surface area contributed by atoms with Gasteiger partial charge < -0.3 is 5.32 Å². The van der Waals surface area contributed by atoms with Gasteiger partial charge in [0.2, 0.25) is 0 Å². The lowest BCUT2D eigenvalue weighted by Gasteiger charge is -2.42. The molecule has 0 bridgehead atoms. The zero-order valence-electron chi connectivity index (χ0n) is 10.6. The summed E-state index contributed by atoms with van der Waals surface area (Å²) in [5.74, 6) is 2.01. The van der Waals surface area contributed by atoms with Gasteiger partial charge in [-0.05, 0) is 78.0 Å². The molecule has 88 valence electrons. The Morgan fingerprint density at radius 3 is 2.07 bits per heavy atom.